The summed E-state index contributed by atoms with van der Waals surface area (Å²) >= 11 is 0. The highest BCUT2D eigenvalue weighted by Crippen LogP contribution is 2.07. The van der Waals surface area contributed by atoms with Gasteiger partial charge in [0, 0.05) is 13.1 Å². The molecule has 0 aliphatic rings. The van der Waals surface area contributed by atoms with Crippen LogP contribution in [0, 0.1) is 0 Å². The first-order valence-corrected chi connectivity index (χ1v) is 7.39. The average molecular weight is 319 g/mol. The first kappa shape index (κ1) is 16.9. The van der Waals surface area contributed by atoms with Crippen LogP contribution in [0.4, 0.5) is 4.79 Å². The summed E-state index contributed by atoms with van der Waals surface area (Å²) in [7, 11) is 0. The molecule has 2 aromatic rings. The Morgan fingerprint density at radius 3 is 2.83 bits per heavy atom. The molecule has 0 aliphatic carbocycles. The van der Waals surface area contributed by atoms with Crippen LogP contribution in [0.2, 0.25) is 0 Å². The van der Waals surface area contributed by atoms with Crippen molar-refractivity contribution in [1.82, 2.24) is 20.4 Å². The zero-order chi connectivity index (χ0) is 16.7. The Morgan fingerprint density at radius 1 is 1.43 bits per heavy atom. The summed E-state index contributed by atoms with van der Waals surface area (Å²) in [5.74, 6) is 0.460. The minimum atomic E-state index is -0.687. The zero-order valence-electron chi connectivity index (χ0n) is 13.0. The van der Waals surface area contributed by atoms with E-state index in [1.807, 2.05) is 37.3 Å². The van der Waals surface area contributed by atoms with Gasteiger partial charge < -0.3 is 25.6 Å². The molecule has 2 amide bonds. The number of nitrogens with one attached hydrogen (secondary N) is 1. The van der Waals surface area contributed by atoms with Crippen LogP contribution >= 0.6 is 0 Å². The van der Waals surface area contributed by atoms with Gasteiger partial charge in [0.05, 0.1) is 19.2 Å². The number of carbonyl (C=O) groups excluding carboxylic acids is 1. The van der Waals surface area contributed by atoms with E-state index in [4.69, 9.17) is 15.4 Å². The fraction of sp³-hybridized carbons (Fsp3) is 0.400. The van der Waals surface area contributed by atoms with E-state index in [1.54, 1.807) is 4.90 Å². The molecule has 1 heterocycles. The SMILES string of the molecule is CCN(Cc1ccccc1)C(=O)NCc1nc([C@@H](N)CO)no1. The molecule has 0 unspecified atom stereocenters. The lowest BCUT2D eigenvalue weighted by Gasteiger charge is -2.21. The van der Waals surface area contributed by atoms with Crippen molar-refractivity contribution >= 4 is 6.03 Å². The normalized spacial score (nSPS) is 12.0. The molecule has 1 atom stereocenters. The van der Waals surface area contributed by atoms with E-state index < -0.39 is 6.04 Å². The number of benzene rings is 1. The van der Waals surface area contributed by atoms with Crippen LogP contribution in [0.25, 0.3) is 0 Å². The van der Waals surface area contributed by atoms with Gasteiger partial charge in [-0.3, -0.25) is 0 Å². The maximum atomic E-state index is 12.2. The summed E-state index contributed by atoms with van der Waals surface area (Å²) in [5.41, 5.74) is 6.64. The fourth-order valence-corrected chi connectivity index (χ4v) is 1.97. The lowest BCUT2D eigenvalue weighted by Crippen LogP contribution is -2.39. The monoisotopic (exact) mass is 319 g/mol. The van der Waals surface area contributed by atoms with Gasteiger partial charge >= 0.3 is 6.03 Å². The summed E-state index contributed by atoms with van der Waals surface area (Å²) < 4.78 is 4.98. The quantitative estimate of drug-likeness (QED) is 0.694. The standard InChI is InChI=1S/C15H21N5O3/c1-2-20(9-11-6-4-3-5-7-11)15(22)17-8-13-18-14(19-23-13)12(16)10-21/h3-7,12,21H,2,8-10,16H2,1H3,(H,17,22)/t12-/m0/s1. The van der Waals surface area contributed by atoms with Gasteiger partial charge in [0.1, 0.15) is 0 Å². The van der Waals surface area contributed by atoms with E-state index in [0.717, 1.165) is 5.56 Å². The topological polar surface area (TPSA) is 118 Å². The van der Waals surface area contributed by atoms with Crippen LogP contribution in [0.15, 0.2) is 34.9 Å². The van der Waals surface area contributed by atoms with Crippen LogP contribution in [0.1, 0.15) is 30.2 Å². The van der Waals surface area contributed by atoms with Gasteiger partial charge in [0.15, 0.2) is 5.82 Å². The number of aliphatic hydroxyl groups is 1. The number of rotatable bonds is 7. The third kappa shape index (κ3) is 4.76. The van der Waals surface area contributed by atoms with Crippen LogP contribution in [0.3, 0.4) is 0 Å². The largest absolute Gasteiger partial charge is 0.394 e. The Kier molecular flexibility index (Phi) is 6.07. The van der Waals surface area contributed by atoms with E-state index in [-0.39, 0.29) is 30.9 Å². The molecular formula is C15H21N5O3. The lowest BCUT2D eigenvalue weighted by atomic mass is 10.2. The maximum absolute atomic E-state index is 12.2. The van der Waals surface area contributed by atoms with Crippen LogP contribution in [-0.4, -0.2) is 39.3 Å². The predicted molar refractivity (Wildman–Crippen MR) is 83.1 cm³/mol. The molecule has 0 saturated carbocycles. The first-order chi connectivity index (χ1) is 11.1. The summed E-state index contributed by atoms with van der Waals surface area (Å²) in [6.45, 7) is 2.84. The van der Waals surface area contributed by atoms with Crippen molar-refractivity contribution in [3.05, 3.63) is 47.6 Å². The lowest BCUT2D eigenvalue weighted by molar-refractivity contribution is 0.196. The Bertz CT molecular complexity index is 617. The predicted octanol–water partition coefficient (Wildman–Crippen LogP) is 0.793. The van der Waals surface area contributed by atoms with Crippen LogP contribution < -0.4 is 11.1 Å². The number of nitrogens with two attached hydrogens (primary N) is 1. The van der Waals surface area contributed by atoms with Crippen molar-refractivity contribution in [2.24, 2.45) is 5.73 Å². The second-order valence-electron chi connectivity index (χ2n) is 4.99. The van der Waals surface area contributed by atoms with Crippen molar-refractivity contribution in [1.29, 1.82) is 0 Å². The minimum absolute atomic E-state index is 0.106. The van der Waals surface area contributed by atoms with Gasteiger partial charge in [0.25, 0.3) is 0 Å². The molecule has 0 bridgehead atoms. The molecule has 1 aromatic heterocycles. The third-order valence-corrected chi connectivity index (χ3v) is 3.29. The average Bonchev–Trinajstić information content (AvgIpc) is 3.06. The summed E-state index contributed by atoms with van der Waals surface area (Å²) in [6, 6.07) is 8.84. The number of aromatic nitrogens is 2. The number of hydrogen-bond acceptors (Lipinski definition) is 6. The molecule has 124 valence electrons. The molecule has 8 heteroatoms. The molecule has 23 heavy (non-hydrogen) atoms. The zero-order valence-corrected chi connectivity index (χ0v) is 13.0. The summed E-state index contributed by atoms with van der Waals surface area (Å²) in [6.07, 6.45) is 0. The van der Waals surface area contributed by atoms with E-state index in [0.29, 0.717) is 13.1 Å². The molecular weight excluding hydrogens is 298 g/mol. The second-order valence-corrected chi connectivity index (χ2v) is 4.99. The molecule has 2 rings (SSSR count). The van der Waals surface area contributed by atoms with E-state index in [9.17, 15) is 4.79 Å². The van der Waals surface area contributed by atoms with E-state index in [2.05, 4.69) is 15.5 Å². The Balaban J connectivity index is 1.88. The molecule has 0 aliphatic heterocycles. The Morgan fingerprint density at radius 2 is 2.17 bits per heavy atom. The molecule has 0 saturated heterocycles. The van der Waals surface area contributed by atoms with Gasteiger partial charge in [-0.2, -0.15) is 4.98 Å². The number of amides is 2. The Hall–Kier alpha value is -2.45. The van der Waals surface area contributed by atoms with Gasteiger partial charge in [0.2, 0.25) is 5.89 Å². The number of carbonyl (C=O) groups is 1. The third-order valence-electron chi connectivity index (χ3n) is 3.29. The molecule has 4 N–H and O–H groups in total. The number of hydrogen-bond donors (Lipinski definition) is 3. The van der Waals surface area contributed by atoms with Crippen molar-refractivity contribution in [3.8, 4) is 0 Å². The minimum Gasteiger partial charge on any atom is -0.394 e. The van der Waals surface area contributed by atoms with Crippen molar-refractivity contribution in [2.45, 2.75) is 26.1 Å². The summed E-state index contributed by atoms with van der Waals surface area (Å²) in [4.78, 5) is 17.9. The molecule has 0 fully saturated rings. The molecule has 8 nitrogen and oxygen atoms in total. The highest BCUT2D eigenvalue weighted by molar-refractivity contribution is 5.74. The van der Waals surface area contributed by atoms with Crippen molar-refractivity contribution in [3.63, 3.8) is 0 Å². The van der Waals surface area contributed by atoms with Crippen LogP contribution in [0.5, 0.6) is 0 Å². The number of urea groups is 1. The van der Waals surface area contributed by atoms with E-state index >= 15 is 0 Å². The van der Waals surface area contributed by atoms with E-state index in [1.165, 1.54) is 0 Å². The van der Waals surface area contributed by atoms with Gasteiger partial charge in [-0.25, -0.2) is 4.79 Å². The van der Waals surface area contributed by atoms with Crippen LogP contribution in [-0.2, 0) is 13.1 Å². The van der Waals surface area contributed by atoms with Gasteiger partial charge in [-0.15, -0.1) is 0 Å². The highest BCUT2D eigenvalue weighted by atomic mass is 16.5. The van der Waals surface area contributed by atoms with Gasteiger partial charge in [-0.05, 0) is 12.5 Å². The number of aliphatic hydroxyl groups excluding tert-OH is 1. The highest BCUT2D eigenvalue weighted by Gasteiger charge is 2.16. The smallest absolute Gasteiger partial charge is 0.318 e. The first-order valence-electron chi connectivity index (χ1n) is 7.39. The summed E-state index contributed by atoms with van der Waals surface area (Å²) in [5, 5.41) is 15.3. The number of nitrogens with zero attached hydrogens (tertiary/aromatic N) is 3. The van der Waals surface area contributed by atoms with Crippen molar-refractivity contribution in [2.75, 3.05) is 13.2 Å². The van der Waals surface area contributed by atoms with Gasteiger partial charge in [-0.1, -0.05) is 35.5 Å². The Labute approximate surface area is 134 Å². The molecule has 0 spiro atoms. The molecule has 0 radical (unpaired) electrons. The molecule has 1 aromatic carbocycles. The maximum Gasteiger partial charge on any atom is 0.318 e. The van der Waals surface area contributed by atoms with Crippen molar-refractivity contribution < 1.29 is 14.4 Å². The fourth-order valence-electron chi connectivity index (χ4n) is 1.97. The second kappa shape index (κ2) is 8.25.